The van der Waals surface area contributed by atoms with Crippen molar-refractivity contribution in [3.05, 3.63) is 22.2 Å². The summed E-state index contributed by atoms with van der Waals surface area (Å²) in [6.45, 7) is 1.84. The zero-order valence-electron chi connectivity index (χ0n) is 7.29. The first kappa shape index (κ1) is 10.3. The first-order valence-electron chi connectivity index (χ1n) is 3.97. The first-order chi connectivity index (χ1) is 6.02. The van der Waals surface area contributed by atoms with Gasteiger partial charge in [0.2, 0.25) is 0 Å². The molecule has 4 N–H and O–H groups in total. The van der Waals surface area contributed by atoms with Gasteiger partial charge in [-0.15, -0.1) is 0 Å². The summed E-state index contributed by atoms with van der Waals surface area (Å²) in [5, 5.41) is 18.8. The number of hydrogen-bond donors (Lipinski definition) is 3. The second-order valence-corrected chi connectivity index (χ2v) is 3.87. The Hall–Kier alpha value is -0.740. The maximum atomic E-state index is 9.47. The summed E-state index contributed by atoms with van der Waals surface area (Å²) in [6.07, 6.45) is 0.529. The van der Waals surface area contributed by atoms with E-state index in [1.165, 1.54) is 12.1 Å². The van der Waals surface area contributed by atoms with Crippen LogP contribution >= 0.6 is 15.9 Å². The highest BCUT2D eigenvalue weighted by molar-refractivity contribution is 9.10. The number of phenolic OH excluding ortho intramolecular Hbond substituents is 2. The zero-order valence-corrected chi connectivity index (χ0v) is 8.87. The number of hydrogen-bond acceptors (Lipinski definition) is 3. The normalized spacial score (nSPS) is 12.8. The zero-order chi connectivity index (χ0) is 10.0. The van der Waals surface area contributed by atoms with Crippen LogP contribution < -0.4 is 5.73 Å². The highest BCUT2D eigenvalue weighted by Gasteiger charge is 2.11. The monoisotopic (exact) mass is 245 g/mol. The van der Waals surface area contributed by atoms with Gasteiger partial charge in [-0.3, -0.25) is 0 Å². The van der Waals surface area contributed by atoms with Crippen molar-refractivity contribution in [3.8, 4) is 11.5 Å². The maximum absolute atomic E-state index is 9.47. The molecule has 72 valence electrons. The van der Waals surface area contributed by atoms with Crippen LogP contribution in [0.5, 0.6) is 11.5 Å². The van der Waals surface area contributed by atoms with Gasteiger partial charge in [0.25, 0.3) is 0 Å². The smallest absolute Gasteiger partial charge is 0.130 e. The molecule has 0 saturated carbocycles. The molecule has 1 aromatic rings. The summed E-state index contributed by atoms with van der Waals surface area (Å²) in [5.74, 6) is 0.274. The Bertz CT molecular complexity index is 313. The fourth-order valence-electron chi connectivity index (χ4n) is 1.11. The molecule has 0 aliphatic rings. The lowest BCUT2D eigenvalue weighted by atomic mass is 10.1. The van der Waals surface area contributed by atoms with Crippen molar-refractivity contribution in [1.29, 1.82) is 0 Å². The molecule has 13 heavy (non-hydrogen) atoms. The first-order valence-corrected chi connectivity index (χ1v) is 4.76. The van der Waals surface area contributed by atoms with Crippen molar-refractivity contribution < 1.29 is 10.2 Å². The van der Waals surface area contributed by atoms with Crippen molar-refractivity contribution in [3.63, 3.8) is 0 Å². The van der Waals surface area contributed by atoms with Gasteiger partial charge >= 0.3 is 0 Å². The fourth-order valence-corrected chi connectivity index (χ4v) is 1.61. The van der Waals surface area contributed by atoms with Gasteiger partial charge in [-0.25, -0.2) is 0 Å². The highest BCUT2D eigenvalue weighted by atomic mass is 79.9. The van der Waals surface area contributed by atoms with Crippen LogP contribution in [0.4, 0.5) is 0 Å². The van der Waals surface area contributed by atoms with E-state index in [0.29, 0.717) is 16.5 Å². The standard InChI is InChI=1S/C9H12BrNO2/c1-5(11)4-6-7(12)2-3-8(13)9(6)10/h2-3,5,12-13H,4,11H2,1H3. The number of nitrogens with two attached hydrogens (primary N) is 1. The third-order valence-electron chi connectivity index (χ3n) is 1.72. The average molecular weight is 246 g/mol. The molecule has 1 atom stereocenters. The van der Waals surface area contributed by atoms with E-state index in [9.17, 15) is 10.2 Å². The predicted molar refractivity (Wildman–Crippen MR) is 54.8 cm³/mol. The molecule has 0 aliphatic heterocycles. The van der Waals surface area contributed by atoms with Gasteiger partial charge in [0.15, 0.2) is 0 Å². The Morgan fingerprint density at radius 1 is 1.38 bits per heavy atom. The molecule has 0 fully saturated rings. The predicted octanol–water partition coefficient (Wildman–Crippen LogP) is 1.75. The van der Waals surface area contributed by atoms with E-state index in [4.69, 9.17) is 5.73 Å². The molecular formula is C9H12BrNO2. The molecule has 0 spiro atoms. The van der Waals surface area contributed by atoms with Gasteiger partial charge in [0.1, 0.15) is 11.5 Å². The summed E-state index contributed by atoms with van der Waals surface area (Å²) >= 11 is 3.19. The van der Waals surface area contributed by atoms with Crippen LogP contribution in [0.25, 0.3) is 0 Å². The van der Waals surface area contributed by atoms with Gasteiger partial charge in [-0.1, -0.05) is 0 Å². The number of phenols is 2. The number of aromatic hydroxyl groups is 2. The summed E-state index contributed by atoms with van der Waals surface area (Å²) in [5.41, 5.74) is 6.25. The van der Waals surface area contributed by atoms with Gasteiger partial charge in [0.05, 0.1) is 4.47 Å². The van der Waals surface area contributed by atoms with Crippen LogP contribution in [0.3, 0.4) is 0 Å². The van der Waals surface area contributed by atoms with Crippen molar-refractivity contribution in [2.45, 2.75) is 19.4 Å². The minimum atomic E-state index is -0.0519. The molecule has 0 bridgehead atoms. The van der Waals surface area contributed by atoms with Gasteiger partial charge in [-0.2, -0.15) is 0 Å². The summed E-state index contributed by atoms with van der Waals surface area (Å²) in [6, 6.07) is 2.84. The number of benzene rings is 1. The van der Waals surface area contributed by atoms with Gasteiger partial charge in [-0.05, 0) is 41.4 Å². The molecule has 0 aromatic heterocycles. The van der Waals surface area contributed by atoms with Crippen LogP contribution in [0.1, 0.15) is 12.5 Å². The molecule has 0 radical (unpaired) electrons. The van der Waals surface area contributed by atoms with E-state index in [-0.39, 0.29) is 17.5 Å². The molecule has 4 heteroatoms. The van der Waals surface area contributed by atoms with Crippen LogP contribution in [-0.2, 0) is 6.42 Å². The highest BCUT2D eigenvalue weighted by Crippen LogP contribution is 2.34. The van der Waals surface area contributed by atoms with Crippen LogP contribution in [0, 0.1) is 0 Å². The third-order valence-corrected chi connectivity index (χ3v) is 2.61. The van der Waals surface area contributed by atoms with E-state index in [0.717, 1.165) is 0 Å². The number of halogens is 1. The van der Waals surface area contributed by atoms with Crippen molar-refractivity contribution in [1.82, 2.24) is 0 Å². The van der Waals surface area contributed by atoms with E-state index < -0.39 is 0 Å². The lowest BCUT2D eigenvalue weighted by molar-refractivity contribution is 0.449. The van der Waals surface area contributed by atoms with Crippen molar-refractivity contribution in [2.24, 2.45) is 5.73 Å². The number of rotatable bonds is 2. The SMILES string of the molecule is CC(N)Cc1c(O)ccc(O)c1Br. The Labute approximate surface area is 85.3 Å². The largest absolute Gasteiger partial charge is 0.508 e. The molecule has 0 saturated heterocycles. The average Bonchev–Trinajstić information content (AvgIpc) is 2.05. The van der Waals surface area contributed by atoms with Crippen molar-refractivity contribution >= 4 is 15.9 Å². The minimum Gasteiger partial charge on any atom is -0.508 e. The van der Waals surface area contributed by atoms with Crippen molar-refractivity contribution in [2.75, 3.05) is 0 Å². The third kappa shape index (κ3) is 2.35. The molecule has 1 aromatic carbocycles. The van der Waals surface area contributed by atoms with Crippen LogP contribution in [-0.4, -0.2) is 16.3 Å². The van der Waals surface area contributed by atoms with E-state index in [2.05, 4.69) is 15.9 Å². The lowest BCUT2D eigenvalue weighted by Gasteiger charge is -2.10. The molecule has 3 nitrogen and oxygen atoms in total. The minimum absolute atomic E-state index is 0.0519. The summed E-state index contributed by atoms with van der Waals surface area (Å²) in [4.78, 5) is 0. The van der Waals surface area contributed by atoms with E-state index >= 15 is 0 Å². The van der Waals surface area contributed by atoms with E-state index in [1.807, 2.05) is 6.92 Å². The molecular weight excluding hydrogens is 234 g/mol. The Balaban J connectivity index is 3.10. The fraction of sp³-hybridized carbons (Fsp3) is 0.333. The van der Waals surface area contributed by atoms with Gasteiger partial charge < -0.3 is 15.9 Å². The molecule has 1 unspecified atom stereocenters. The Kier molecular flexibility index (Phi) is 3.17. The quantitative estimate of drug-likeness (QED) is 0.696. The summed E-state index contributed by atoms with van der Waals surface area (Å²) < 4.78 is 0.518. The molecule has 0 aliphatic carbocycles. The van der Waals surface area contributed by atoms with Crippen LogP contribution in [0.15, 0.2) is 16.6 Å². The Morgan fingerprint density at radius 2 is 1.92 bits per heavy atom. The van der Waals surface area contributed by atoms with Gasteiger partial charge in [0, 0.05) is 11.6 Å². The maximum Gasteiger partial charge on any atom is 0.130 e. The second kappa shape index (κ2) is 3.98. The second-order valence-electron chi connectivity index (χ2n) is 3.08. The topological polar surface area (TPSA) is 66.5 Å². The molecule has 0 heterocycles. The molecule has 0 amide bonds. The molecule has 1 rings (SSSR count). The van der Waals surface area contributed by atoms with Crippen LogP contribution in [0.2, 0.25) is 0 Å². The lowest BCUT2D eigenvalue weighted by Crippen LogP contribution is -2.18. The van der Waals surface area contributed by atoms with E-state index in [1.54, 1.807) is 0 Å². The summed E-state index contributed by atoms with van der Waals surface area (Å²) in [7, 11) is 0. The Morgan fingerprint density at radius 3 is 2.46 bits per heavy atom.